The summed E-state index contributed by atoms with van der Waals surface area (Å²) in [6.07, 6.45) is 1.93. The Kier molecular flexibility index (Phi) is 4.64. The Morgan fingerprint density at radius 2 is 1.82 bits per heavy atom. The molecule has 1 aliphatic rings. The van der Waals surface area contributed by atoms with E-state index in [0.717, 1.165) is 32.0 Å². The van der Waals surface area contributed by atoms with Crippen molar-refractivity contribution >= 4 is 21.1 Å². The van der Waals surface area contributed by atoms with Gasteiger partial charge in [0.05, 0.1) is 0 Å². The normalized spacial score (nSPS) is 16.2. The molecule has 1 fully saturated rings. The third-order valence-electron chi connectivity index (χ3n) is 4.46. The number of pyridine rings is 1. The summed E-state index contributed by atoms with van der Waals surface area (Å²) in [5, 5.41) is 5.76. The number of benzene rings is 1. The molecule has 5 heteroatoms. The molecule has 0 radical (unpaired) electrons. The summed E-state index contributed by atoms with van der Waals surface area (Å²) in [6, 6.07) is 6.65. The molecule has 0 bridgehead atoms. The van der Waals surface area contributed by atoms with Crippen LogP contribution >= 0.6 is 0 Å². The molecule has 4 nitrogen and oxygen atoms in total. The number of aryl methyl sites for hydroxylation is 2. The van der Waals surface area contributed by atoms with E-state index in [2.05, 4.69) is 69.1 Å². The first-order valence-corrected chi connectivity index (χ1v) is 8.39. The van der Waals surface area contributed by atoms with E-state index in [-0.39, 0.29) is 0 Å². The van der Waals surface area contributed by atoms with Gasteiger partial charge in [-0.2, -0.15) is 0 Å². The average Bonchev–Trinajstić information content (AvgIpc) is 2.55. The van der Waals surface area contributed by atoms with Gasteiger partial charge in [0.15, 0.2) is 0 Å². The number of fused-ring (bicyclic) bond motifs is 1. The van der Waals surface area contributed by atoms with Crippen LogP contribution in [0.5, 0.6) is 0 Å². The second-order valence-corrected chi connectivity index (χ2v) is 6.50. The number of anilines is 1. The summed E-state index contributed by atoms with van der Waals surface area (Å²) in [7, 11) is 1.97. The molecule has 1 N–H and O–H groups in total. The molecule has 3 rings (SSSR count). The Bertz CT molecular complexity index is 705. The summed E-state index contributed by atoms with van der Waals surface area (Å²) in [5.41, 5.74) is 2.67. The fourth-order valence-electron chi connectivity index (χ4n) is 2.97. The molecule has 1 aromatic heterocycles. The summed E-state index contributed by atoms with van der Waals surface area (Å²) in [4.78, 5) is 9.45. The van der Waals surface area contributed by atoms with E-state index in [9.17, 15) is 0 Å². The van der Waals surface area contributed by atoms with Crippen LogP contribution in [0.4, 0.5) is 5.82 Å². The van der Waals surface area contributed by atoms with Crippen molar-refractivity contribution in [3.8, 4) is 0 Å². The molecular weight excluding hydrogens is 311 g/mol. The Balaban J connectivity index is 1.88. The maximum absolute atomic E-state index is 4.67. The van der Waals surface area contributed by atoms with Crippen molar-refractivity contribution in [2.24, 2.45) is 0 Å². The molecule has 2 heterocycles. The van der Waals surface area contributed by atoms with E-state index in [0.29, 0.717) is 0 Å². The zero-order valence-corrected chi connectivity index (χ0v) is 14.8. The van der Waals surface area contributed by atoms with Gasteiger partial charge in [-0.25, -0.2) is 0 Å². The zero-order chi connectivity index (χ0) is 15.7. The number of piperazine rings is 1. The Labute approximate surface area is 141 Å². The fraction of sp³-hybridized carbons (Fsp3) is 0.412. The van der Waals surface area contributed by atoms with E-state index >= 15 is 0 Å². The van der Waals surface area contributed by atoms with E-state index in [4.69, 9.17) is 0 Å². The van der Waals surface area contributed by atoms with Gasteiger partial charge < -0.3 is 0 Å². The number of hydrogen-bond acceptors (Lipinski definition) is 4. The predicted octanol–water partition coefficient (Wildman–Crippen LogP) is 1.83. The summed E-state index contributed by atoms with van der Waals surface area (Å²) < 4.78 is 1.18. The van der Waals surface area contributed by atoms with Crippen LogP contribution in [0.3, 0.4) is 0 Å². The maximum atomic E-state index is 4.67. The molecule has 0 amide bonds. The fourth-order valence-corrected chi connectivity index (χ4v) is 3.28. The quantitative estimate of drug-likeness (QED) is 0.929. The molecule has 1 aliphatic heterocycles. The van der Waals surface area contributed by atoms with Crippen molar-refractivity contribution in [2.75, 3.05) is 38.1 Å². The molecule has 0 spiro atoms. The second kappa shape index (κ2) is 6.51. The van der Waals surface area contributed by atoms with Gasteiger partial charge in [0.2, 0.25) is 0 Å². The van der Waals surface area contributed by atoms with Crippen LogP contribution in [0.25, 0.3) is 10.8 Å². The minimum atomic E-state index is 1.00. The summed E-state index contributed by atoms with van der Waals surface area (Å²) >= 11 is 2.61. The molecular formula is C17H22N4V. The first kappa shape index (κ1) is 15.7. The molecule has 115 valence electrons. The van der Waals surface area contributed by atoms with Crippen LogP contribution in [0.15, 0.2) is 24.4 Å². The van der Waals surface area contributed by atoms with Crippen LogP contribution < -0.4 is 10.2 Å². The third-order valence-corrected chi connectivity index (χ3v) is 5.25. The van der Waals surface area contributed by atoms with Crippen LogP contribution in [-0.2, 0) is 17.0 Å². The van der Waals surface area contributed by atoms with E-state index in [1.165, 1.54) is 26.4 Å². The van der Waals surface area contributed by atoms with E-state index < -0.39 is 0 Å². The van der Waals surface area contributed by atoms with Gasteiger partial charge in [-0.15, -0.1) is 0 Å². The van der Waals surface area contributed by atoms with E-state index in [1.807, 2.05) is 13.2 Å². The summed E-state index contributed by atoms with van der Waals surface area (Å²) in [5.74, 6) is 1.12. The van der Waals surface area contributed by atoms with Gasteiger partial charge in [0.25, 0.3) is 0 Å². The first-order valence-electron chi connectivity index (χ1n) is 7.69. The van der Waals surface area contributed by atoms with Crippen LogP contribution in [0, 0.1) is 13.8 Å². The predicted molar refractivity (Wildman–Crippen MR) is 89.1 cm³/mol. The Morgan fingerprint density at radius 3 is 2.50 bits per heavy atom. The molecule has 2 aromatic rings. The monoisotopic (exact) mass is 333 g/mol. The number of rotatable bonds is 3. The molecule has 0 unspecified atom stereocenters. The first-order chi connectivity index (χ1) is 10.6. The minimum absolute atomic E-state index is 1.00. The van der Waals surface area contributed by atoms with Crippen molar-refractivity contribution in [3.05, 3.63) is 35.5 Å². The standard InChI is InChI=1S/C17H22N4.V/c1-13-10-15-4-5-19-17(16(15)11-14(13)2)21-8-6-20(7-9-21)12-18-3;/h4-5,10-11,18H,6-9H2,1-3H3;. The van der Waals surface area contributed by atoms with Crippen LogP contribution in [-0.4, -0.2) is 47.6 Å². The number of nitrogens with zero attached hydrogens (tertiary/aromatic N) is 3. The van der Waals surface area contributed by atoms with Crippen molar-refractivity contribution < 1.29 is 17.0 Å². The van der Waals surface area contributed by atoms with Gasteiger partial charge >= 0.3 is 141 Å². The van der Waals surface area contributed by atoms with Crippen molar-refractivity contribution in [1.29, 1.82) is 0 Å². The SMILES string of the molecule is CN[C](=[V])N1CCN(c2nccc3cc(C)c(C)cc23)CC1. The third kappa shape index (κ3) is 2.97. The molecule has 22 heavy (non-hydrogen) atoms. The Hall–Kier alpha value is -1.20. The van der Waals surface area contributed by atoms with Gasteiger partial charge in [-0.3, -0.25) is 0 Å². The molecule has 1 saturated heterocycles. The van der Waals surface area contributed by atoms with Crippen LogP contribution in [0.1, 0.15) is 11.1 Å². The topological polar surface area (TPSA) is 31.4 Å². The molecule has 0 saturated carbocycles. The van der Waals surface area contributed by atoms with Crippen molar-refractivity contribution in [3.63, 3.8) is 0 Å². The van der Waals surface area contributed by atoms with Crippen molar-refractivity contribution in [1.82, 2.24) is 15.2 Å². The van der Waals surface area contributed by atoms with Gasteiger partial charge in [0.1, 0.15) is 0 Å². The van der Waals surface area contributed by atoms with Crippen molar-refractivity contribution in [2.45, 2.75) is 13.8 Å². The average molecular weight is 333 g/mol. The van der Waals surface area contributed by atoms with Gasteiger partial charge in [0, 0.05) is 0 Å². The Morgan fingerprint density at radius 1 is 1.14 bits per heavy atom. The number of nitrogens with one attached hydrogen (secondary N) is 1. The number of hydrogen-bond donors (Lipinski definition) is 1. The molecule has 0 aliphatic carbocycles. The van der Waals surface area contributed by atoms with Gasteiger partial charge in [-0.05, 0) is 0 Å². The molecule has 1 aromatic carbocycles. The number of aromatic nitrogens is 1. The van der Waals surface area contributed by atoms with Gasteiger partial charge in [-0.1, -0.05) is 0 Å². The second-order valence-electron chi connectivity index (χ2n) is 5.84. The van der Waals surface area contributed by atoms with E-state index in [1.54, 1.807) is 0 Å². The molecule has 0 atom stereocenters. The van der Waals surface area contributed by atoms with Crippen LogP contribution in [0.2, 0.25) is 0 Å². The zero-order valence-electron chi connectivity index (χ0n) is 13.4. The summed E-state index contributed by atoms with van der Waals surface area (Å²) in [6.45, 7) is 8.39.